The topological polar surface area (TPSA) is 82.6 Å². The van der Waals surface area contributed by atoms with Crippen molar-refractivity contribution in [1.82, 2.24) is 0 Å². The van der Waals surface area contributed by atoms with Crippen molar-refractivity contribution >= 4 is 23.1 Å². The van der Waals surface area contributed by atoms with E-state index in [1.807, 2.05) is 18.0 Å². The quantitative estimate of drug-likeness (QED) is 0.582. The molecule has 0 bridgehead atoms. The van der Waals surface area contributed by atoms with E-state index in [2.05, 4.69) is 0 Å². The first-order valence-electron chi connectivity index (χ1n) is 6.56. The molecule has 1 saturated heterocycles. The molecule has 0 aliphatic carbocycles. The summed E-state index contributed by atoms with van der Waals surface area (Å²) in [6, 6.07) is 5.25. The Labute approximate surface area is 123 Å². The minimum Gasteiger partial charge on any atom is -0.388 e. The molecular weight excluding hydrogens is 278 g/mol. The van der Waals surface area contributed by atoms with Crippen LogP contribution in [-0.4, -0.2) is 43.3 Å². The zero-order valence-electron chi connectivity index (χ0n) is 11.5. The molecule has 0 saturated carbocycles. The number of nitrogens with zero attached hydrogens (tertiary/aromatic N) is 1. The van der Waals surface area contributed by atoms with E-state index in [4.69, 9.17) is 27.5 Å². The van der Waals surface area contributed by atoms with Crippen LogP contribution >= 0.6 is 11.6 Å². The molecule has 20 heavy (non-hydrogen) atoms. The van der Waals surface area contributed by atoms with Gasteiger partial charge in [-0.3, -0.25) is 5.41 Å². The van der Waals surface area contributed by atoms with Gasteiger partial charge in [-0.15, -0.1) is 0 Å². The number of hydrogen-bond acceptors (Lipinski definition) is 4. The van der Waals surface area contributed by atoms with Gasteiger partial charge in [0.2, 0.25) is 0 Å². The molecule has 1 aromatic carbocycles. The van der Waals surface area contributed by atoms with Gasteiger partial charge < -0.3 is 20.5 Å². The van der Waals surface area contributed by atoms with Gasteiger partial charge in [0.05, 0.1) is 5.60 Å². The van der Waals surface area contributed by atoms with Gasteiger partial charge in [0, 0.05) is 55.9 Å². The zero-order chi connectivity index (χ0) is 14.8. The van der Waals surface area contributed by atoms with E-state index in [0.29, 0.717) is 43.2 Å². The van der Waals surface area contributed by atoms with Crippen molar-refractivity contribution < 1.29 is 9.84 Å². The van der Waals surface area contributed by atoms with Crippen LogP contribution in [0, 0.1) is 5.41 Å². The van der Waals surface area contributed by atoms with Gasteiger partial charge in [-0.2, -0.15) is 0 Å². The predicted molar refractivity (Wildman–Crippen MR) is 80.7 cm³/mol. The van der Waals surface area contributed by atoms with Crippen LogP contribution in [0.4, 0.5) is 5.69 Å². The summed E-state index contributed by atoms with van der Waals surface area (Å²) in [5, 5.41) is 18.7. The number of anilines is 1. The Morgan fingerprint density at radius 2 is 2.15 bits per heavy atom. The summed E-state index contributed by atoms with van der Waals surface area (Å²) in [6.45, 7) is 1.62. The second kappa shape index (κ2) is 5.99. The van der Waals surface area contributed by atoms with Crippen molar-refractivity contribution in [2.75, 3.05) is 31.7 Å². The Morgan fingerprint density at radius 1 is 1.50 bits per heavy atom. The summed E-state index contributed by atoms with van der Waals surface area (Å²) in [5.41, 5.74) is 6.21. The molecule has 4 N–H and O–H groups in total. The van der Waals surface area contributed by atoms with E-state index in [-0.39, 0.29) is 5.84 Å². The smallest absolute Gasteiger partial charge is 0.124 e. The fourth-order valence-corrected chi connectivity index (χ4v) is 2.67. The number of nitrogens with two attached hydrogens (primary N) is 1. The Hall–Kier alpha value is -1.30. The number of halogens is 1. The minimum absolute atomic E-state index is 0.0340. The third-order valence-corrected chi connectivity index (χ3v) is 3.85. The van der Waals surface area contributed by atoms with Crippen LogP contribution in [0.25, 0.3) is 0 Å². The highest BCUT2D eigenvalue weighted by Crippen LogP contribution is 2.27. The molecule has 1 fully saturated rings. The fourth-order valence-electron chi connectivity index (χ4n) is 2.49. The van der Waals surface area contributed by atoms with Gasteiger partial charge in [0.1, 0.15) is 5.84 Å². The summed E-state index contributed by atoms with van der Waals surface area (Å²) in [6.07, 6.45) is 1.22. The maximum atomic E-state index is 10.6. The Bertz CT molecular complexity index is 501. The number of nitrogens with one attached hydrogen (secondary N) is 1. The normalized spacial score (nSPS) is 17.8. The highest BCUT2D eigenvalue weighted by Gasteiger charge is 2.31. The van der Waals surface area contributed by atoms with Crippen LogP contribution in [0.2, 0.25) is 5.02 Å². The largest absolute Gasteiger partial charge is 0.388 e. The van der Waals surface area contributed by atoms with Gasteiger partial charge in [-0.1, -0.05) is 11.6 Å². The van der Waals surface area contributed by atoms with Gasteiger partial charge in [-0.25, -0.2) is 0 Å². The zero-order valence-corrected chi connectivity index (χ0v) is 12.3. The number of hydrogen-bond donors (Lipinski definition) is 3. The van der Waals surface area contributed by atoms with E-state index >= 15 is 0 Å². The van der Waals surface area contributed by atoms with Crippen LogP contribution in [0.1, 0.15) is 18.4 Å². The SMILES string of the molecule is CN(CC1(O)CCOCC1)c1ccc(Cl)cc1C(=N)N. The summed E-state index contributed by atoms with van der Waals surface area (Å²) in [5.74, 6) is -0.0340. The molecular formula is C14H20ClN3O2. The van der Waals surface area contributed by atoms with Gasteiger partial charge in [-0.05, 0) is 18.2 Å². The first kappa shape index (κ1) is 15.1. The van der Waals surface area contributed by atoms with E-state index < -0.39 is 5.60 Å². The van der Waals surface area contributed by atoms with Gasteiger partial charge in [0.15, 0.2) is 0 Å². The molecule has 5 nitrogen and oxygen atoms in total. The van der Waals surface area contributed by atoms with Crippen LogP contribution < -0.4 is 10.6 Å². The lowest BCUT2D eigenvalue weighted by Crippen LogP contribution is -2.46. The third-order valence-electron chi connectivity index (χ3n) is 3.62. The van der Waals surface area contributed by atoms with Crippen molar-refractivity contribution in [2.45, 2.75) is 18.4 Å². The van der Waals surface area contributed by atoms with Crippen LogP contribution in [0.3, 0.4) is 0 Å². The molecule has 0 atom stereocenters. The second-order valence-electron chi connectivity index (χ2n) is 5.27. The van der Waals surface area contributed by atoms with Crippen molar-refractivity contribution in [3.05, 3.63) is 28.8 Å². The second-order valence-corrected chi connectivity index (χ2v) is 5.70. The summed E-state index contributed by atoms with van der Waals surface area (Å²) < 4.78 is 5.28. The number of benzene rings is 1. The third kappa shape index (κ3) is 3.42. The maximum absolute atomic E-state index is 10.6. The van der Waals surface area contributed by atoms with Gasteiger partial charge >= 0.3 is 0 Å². The molecule has 0 aromatic heterocycles. The average molecular weight is 298 g/mol. The Morgan fingerprint density at radius 3 is 2.75 bits per heavy atom. The maximum Gasteiger partial charge on any atom is 0.124 e. The molecule has 1 aliphatic rings. The first-order valence-corrected chi connectivity index (χ1v) is 6.94. The predicted octanol–water partition coefficient (Wildman–Crippen LogP) is 1.60. The van der Waals surface area contributed by atoms with E-state index in [1.165, 1.54) is 0 Å². The van der Waals surface area contributed by atoms with Gasteiger partial charge in [0.25, 0.3) is 0 Å². The molecule has 0 unspecified atom stereocenters. The molecule has 2 rings (SSSR count). The molecule has 1 aromatic rings. The van der Waals surface area contributed by atoms with Crippen LogP contribution in [0.5, 0.6) is 0 Å². The number of rotatable bonds is 4. The van der Waals surface area contributed by atoms with Crippen molar-refractivity contribution in [3.8, 4) is 0 Å². The minimum atomic E-state index is -0.763. The van der Waals surface area contributed by atoms with Crippen molar-refractivity contribution in [3.63, 3.8) is 0 Å². The molecule has 0 radical (unpaired) electrons. The lowest BCUT2D eigenvalue weighted by molar-refractivity contribution is -0.0572. The monoisotopic (exact) mass is 297 g/mol. The highest BCUT2D eigenvalue weighted by atomic mass is 35.5. The lowest BCUT2D eigenvalue weighted by atomic mass is 9.93. The summed E-state index contributed by atoms with van der Waals surface area (Å²) in [4.78, 5) is 1.92. The fraction of sp³-hybridized carbons (Fsp3) is 0.500. The number of likely N-dealkylation sites (N-methyl/N-ethyl adjacent to an activating group) is 1. The van der Waals surface area contributed by atoms with E-state index in [0.717, 1.165) is 5.69 Å². The molecule has 0 spiro atoms. The van der Waals surface area contributed by atoms with E-state index in [9.17, 15) is 5.11 Å². The molecule has 6 heteroatoms. The number of aliphatic hydroxyl groups is 1. The molecule has 1 heterocycles. The molecule has 0 amide bonds. The van der Waals surface area contributed by atoms with Crippen molar-refractivity contribution in [1.29, 1.82) is 5.41 Å². The number of ether oxygens (including phenoxy) is 1. The Kier molecular flexibility index (Phi) is 4.52. The number of nitrogen functional groups attached to an aromatic ring is 1. The van der Waals surface area contributed by atoms with Crippen LogP contribution in [0.15, 0.2) is 18.2 Å². The van der Waals surface area contributed by atoms with Crippen LogP contribution in [-0.2, 0) is 4.74 Å². The first-order chi connectivity index (χ1) is 9.41. The summed E-state index contributed by atoms with van der Waals surface area (Å²) >= 11 is 5.95. The molecule has 1 aliphatic heterocycles. The standard InChI is InChI=1S/C14H20ClN3O2/c1-18(9-14(19)4-6-20-7-5-14)12-3-2-10(15)8-11(12)13(16)17/h2-3,8,19H,4-7,9H2,1H3,(H3,16,17). The lowest BCUT2D eigenvalue weighted by Gasteiger charge is -2.36. The summed E-state index contributed by atoms with van der Waals surface area (Å²) in [7, 11) is 1.88. The van der Waals surface area contributed by atoms with Crippen molar-refractivity contribution in [2.24, 2.45) is 5.73 Å². The van der Waals surface area contributed by atoms with E-state index in [1.54, 1.807) is 12.1 Å². The Balaban J connectivity index is 2.20. The highest BCUT2D eigenvalue weighted by molar-refractivity contribution is 6.31. The molecule has 110 valence electrons. The average Bonchev–Trinajstić information content (AvgIpc) is 2.38. The number of amidine groups is 1.